The summed E-state index contributed by atoms with van der Waals surface area (Å²) in [6.07, 6.45) is 2.24. The molecule has 22 heavy (non-hydrogen) atoms. The fourth-order valence-electron chi connectivity index (χ4n) is 2.16. The van der Waals surface area contributed by atoms with Gasteiger partial charge in [0.05, 0.1) is 6.04 Å². The van der Waals surface area contributed by atoms with E-state index in [0.29, 0.717) is 0 Å². The Hall–Kier alpha value is -2.63. The van der Waals surface area contributed by atoms with Crippen molar-refractivity contribution in [2.24, 2.45) is 0 Å². The highest BCUT2D eigenvalue weighted by Gasteiger charge is 2.16. The van der Waals surface area contributed by atoms with Crippen molar-refractivity contribution in [2.75, 3.05) is 0 Å². The first-order chi connectivity index (χ1) is 10.5. The molecule has 0 aliphatic carbocycles. The molecule has 1 atom stereocenters. The Balaban J connectivity index is 2.07. The SMILES string of the molecule is CCC(NC(=O)c1ccn(CC(=O)O)n1)c1ccc(C)cc1. The number of hydrogen-bond acceptors (Lipinski definition) is 3. The zero-order chi connectivity index (χ0) is 16.1. The molecule has 1 amide bonds. The maximum Gasteiger partial charge on any atom is 0.325 e. The van der Waals surface area contributed by atoms with Gasteiger partial charge in [-0.15, -0.1) is 0 Å². The third-order valence-corrected chi connectivity index (χ3v) is 3.36. The number of benzene rings is 1. The summed E-state index contributed by atoms with van der Waals surface area (Å²) in [6, 6.07) is 9.41. The van der Waals surface area contributed by atoms with Crippen LogP contribution in [0.4, 0.5) is 0 Å². The molecule has 0 fully saturated rings. The first kappa shape index (κ1) is 15.8. The van der Waals surface area contributed by atoms with Crippen molar-refractivity contribution in [1.29, 1.82) is 0 Å². The number of carbonyl (C=O) groups is 2. The lowest BCUT2D eigenvalue weighted by Gasteiger charge is -2.17. The van der Waals surface area contributed by atoms with Gasteiger partial charge in [-0.2, -0.15) is 5.10 Å². The Bertz CT molecular complexity index is 662. The zero-order valence-corrected chi connectivity index (χ0v) is 12.6. The predicted octanol–water partition coefficient (Wildman–Crippen LogP) is 2.16. The van der Waals surface area contributed by atoms with E-state index in [0.717, 1.165) is 17.5 Å². The second-order valence-electron chi connectivity index (χ2n) is 5.14. The van der Waals surface area contributed by atoms with Crippen LogP contribution in [-0.2, 0) is 11.3 Å². The maximum atomic E-state index is 12.2. The van der Waals surface area contributed by atoms with Crippen LogP contribution in [0.5, 0.6) is 0 Å². The highest BCUT2D eigenvalue weighted by Crippen LogP contribution is 2.17. The average Bonchev–Trinajstić information content (AvgIpc) is 2.93. The molecule has 6 nitrogen and oxygen atoms in total. The van der Waals surface area contributed by atoms with Gasteiger partial charge in [0.2, 0.25) is 0 Å². The first-order valence-corrected chi connectivity index (χ1v) is 7.12. The van der Waals surface area contributed by atoms with E-state index in [2.05, 4.69) is 10.4 Å². The number of aryl methyl sites for hydroxylation is 1. The normalized spacial score (nSPS) is 11.9. The Morgan fingerprint density at radius 3 is 2.55 bits per heavy atom. The molecule has 0 radical (unpaired) electrons. The van der Waals surface area contributed by atoms with E-state index in [1.165, 1.54) is 16.9 Å². The lowest BCUT2D eigenvalue weighted by atomic mass is 10.0. The molecule has 0 saturated heterocycles. The van der Waals surface area contributed by atoms with Gasteiger partial charge in [-0.05, 0) is 25.0 Å². The van der Waals surface area contributed by atoms with Crippen LogP contribution < -0.4 is 5.32 Å². The van der Waals surface area contributed by atoms with E-state index in [1.54, 1.807) is 0 Å². The van der Waals surface area contributed by atoms with Crippen LogP contribution >= 0.6 is 0 Å². The first-order valence-electron chi connectivity index (χ1n) is 7.12. The maximum absolute atomic E-state index is 12.2. The number of aromatic nitrogens is 2. The van der Waals surface area contributed by atoms with Gasteiger partial charge in [0.1, 0.15) is 12.2 Å². The van der Waals surface area contributed by atoms with E-state index in [4.69, 9.17) is 5.11 Å². The van der Waals surface area contributed by atoms with Crippen LogP contribution in [-0.4, -0.2) is 26.8 Å². The molecular weight excluding hydrogens is 282 g/mol. The summed E-state index contributed by atoms with van der Waals surface area (Å²) in [5, 5.41) is 15.6. The zero-order valence-electron chi connectivity index (χ0n) is 12.6. The Labute approximate surface area is 128 Å². The number of nitrogens with one attached hydrogen (secondary N) is 1. The van der Waals surface area contributed by atoms with Crippen molar-refractivity contribution >= 4 is 11.9 Å². The highest BCUT2D eigenvalue weighted by atomic mass is 16.4. The summed E-state index contributed by atoms with van der Waals surface area (Å²) in [5.74, 6) is -1.31. The summed E-state index contributed by atoms with van der Waals surface area (Å²) in [6.45, 7) is 3.74. The van der Waals surface area contributed by atoms with Crippen molar-refractivity contribution in [3.63, 3.8) is 0 Å². The van der Waals surface area contributed by atoms with E-state index >= 15 is 0 Å². The van der Waals surface area contributed by atoms with Crippen molar-refractivity contribution in [3.8, 4) is 0 Å². The van der Waals surface area contributed by atoms with Crippen LogP contribution in [0.2, 0.25) is 0 Å². The Kier molecular flexibility index (Phi) is 4.93. The summed E-state index contributed by atoms with van der Waals surface area (Å²) >= 11 is 0. The van der Waals surface area contributed by atoms with Gasteiger partial charge < -0.3 is 10.4 Å². The third-order valence-electron chi connectivity index (χ3n) is 3.36. The highest BCUT2D eigenvalue weighted by molar-refractivity contribution is 5.92. The number of carboxylic acid groups (broad SMARTS) is 1. The lowest BCUT2D eigenvalue weighted by molar-refractivity contribution is -0.137. The van der Waals surface area contributed by atoms with E-state index in [9.17, 15) is 9.59 Å². The van der Waals surface area contributed by atoms with Gasteiger partial charge in [0.25, 0.3) is 5.91 Å². The van der Waals surface area contributed by atoms with E-state index < -0.39 is 5.97 Å². The Morgan fingerprint density at radius 1 is 1.27 bits per heavy atom. The fraction of sp³-hybridized carbons (Fsp3) is 0.312. The van der Waals surface area contributed by atoms with Crippen LogP contribution in [0, 0.1) is 6.92 Å². The van der Waals surface area contributed by atoms with Crippen molar-refractivity contribution in [2.45, 2.75) is 32.9 Å². The molecule has 0 aliphatic heterocycles. The summed E-state index contributed by atoms with van der Waals surface area (Å²) in [7, 11) is 0. The average molecular weight is 301 g/mol. The van der Waals surface area contributed by atoms with Crippen molar-refractivity contribution < 1.29 is 14.7 Å². The molecular formula is C16H19N3O3. The minimum atomic E-state index is -0.999. The van der Waals surface area contributed by atoms with Gasteiger partial charge in [-0.1, -0.05) is 36.8 Å². The molecule has 2 rings (SSSR count). The number of rotatable bonds is 6. The minimum absolute atomic E-state index is 0.0993. The van der Waals surface area contributed by atoms with Crippen molar-refractivity contribution in [3.05, 3.63) is 53.3 Å². The van der Waals surface area contributed by atoms with Crippen LogP contribution in [0.3, 0.4) is 0 Å². The molecule has 2 aromatic rings. The lowest BCUT2D eigenvalue weighted by Crippen LogP contribution is -2.28. The standard InChI is InChI=1S/C16H19N3O3/c1-3-13(12-6-4-11(2)5-7-12)17-16(22)14-8-9-19(18-14)10-15(20)21/h4-9,13H,3,10H2,1-2H3,(H,17,22)(H,20,21). The molecule has 1 unspecified atom stereocenters. The number of amides is 1. The number of nitrogens with zero attached hydrogens (tertiary/aromatic N) is 2. The summed E-state index contributed by atoms with van der Waals surface area (Å²) in [5.41, 5.74) is 2.41. The topological polar surface area (TPSA) is 84.2 Å². The predicted molar refractivity (Wildman–Crippen MR) is 81.5 cm³/mol. The monoisotopic (exact) mass is 301 g/mol. The molecule has 1 aromatic carbocycles. The van der Waals surface area contributed by atoms with E-state index in [1.807, 2.05) is 38.1 Å². The summed E-state index contributed by atoms with van der Waals surface area (Å²) < 4.78 is 1.23. The van der Waals surface area contributed by atoms with E-state index in [-0.39, 0.29) is 24.2 Å². The molecule has 0 aliphatic rings. The molecule has 116 valence electrons. The number of hydrogen-bond donors (Lipinski definition) is 2. The molecule has 0 bridgehead atoms. The largest absolute Gasteiger partial charge is 0.480 e. The molecule has 2 N–H and O–H groups in total. The van der Waals surface area contributed by atoms with Gasteiger partial charge in [0.15, 0.2) is 0 Å². The van der Waals surface area contributed by atoms with Gasteiger partial charge >= 0.3 is 5.97 Å². The van der Waals surface area contributed by atoms with Gasteiger partial charge in [-0.25, -0.2) is 0 Å². The van der Waals surface area contributed by atoms with Gasteiger partial charge in [0, 0.05) is 6.20 Å². The summed E-state index contributed by atoms with van der Waals surface area (Å²) in [4.78, 5) is 22.8. The van der Waals surface area contributed by atoms with Crippen LogP contribution in [0.1, 0.15) is 41.0 Å². The van der Waals surface area contributed by atoms with Crippen molar-refractivity contribution in [1.82, 2.24) is 15.1 Å². The Morgan fingerprint density at radius 2 is 1.95 bits per heavy atom. The smallest absolute Gasteiger partial charge is 0.325 e. The molecule has 0 spiro atoms. The second kappa shape index (κ2) is 6.89. The molecule has 1 heterocycles. The van der Waals surface area contributed by atoms with Crippen LogP contribution in [0.15, 0.2) is 36.5 Å². The second-order valence-corrected chi connectivity index (χ2v) is 5.14. The number of carboxylic acids is 1. The number of carbonyl (C=O) groups excluding carboxylic acids is 1. The minimum Gasteiger partial charge on any atom is -0.480 e. The molecule has 6 heteroatoms. The fourth-order valence-corrected chi connectivity index (χ4v) is 2.16. The third kappa shape index (κ3) is 3.94. The molecule has 1 aromatic heterocycles. The quantitative estimate of drug-likeness (QED) is 0.856. The van der Waals surface area contributed by atoms with Gasteiger partial charge in [-0.3, -0.25) is 14.3 Å². The van der Waals surface area contributed by atoms with Crippen LogP contribution in [0.25, 0.3) is 0 Å². The molecule has 0 saturated carbocycles. The number of aliphatic carboxylic acids is 1.